The number of rotatable bonds is 8. The van der Waals surface area contributed by atoms with Crippen LogP contribution in [0, 0.1) is 0 Å². The number of hydrogen-bond donors (Lipinski definition) is 1. The second kappa shape index (κ2) is 8.73. The molecule has 0 fully saturated rings. The van der Waals surface area contributed by atoms with Gasteiger partial charge in [-0.05, 0) is 37.3 Å². The number of ether oxygens (including phenoxy) is 2. The summed E-state index contributed by atoms with van der Waals surface area (Å²) in [4.78, 5) is 0. The van der Waals surface area contributed by atoms with Crippen molar-refractivity contribution in [2.24, 2.45) is 0 Å². The third kappa shape index (κ3) is 4.87. The molecule has 0 aliphatic rings. The predicted molar refractivity (Wildman–Crippen MR) is 103 cm³/mol. The summed E-state index contributed by atoms with van der Waals surface area (Å²) in [6.07, 6.45) is 0. The first-order valence-corrected chi connectivity index (χ1v) is 9.66. The number of thioether (sulfide) groups is 1. The van der Waals surface area contributed by atoms with E-state index in [9.17, 15) is 0 Å². The average molecular weight is 374 g/mol. The van der Waals surface area contributed by atoms with Gasteiger partial charge in [0.1, 0.15) is 11.5 Å². The molecule has 0 atom stereocenters. The Morgan fingerprint density at radius 3 is 2.64 bits per heavy atom. The predicted octanol–water partition coefficient (Wildman–Crippen LogP) is 4.98. The van der Waals surface area contributed by atoms with Crippen LogP contribution in [0.2, 0.25) is 0 Å². The molecule has 5 nitrogen and oxygen atoms in total. The van der Waals surface area contributed by atoms with Gasteiger partial charge >= 0.3 is 0 Å². The van der Waals surface area contributed by atoms with Crippen LogP contribution in [0.4, 0.5) is 10.8 Å². The lowest BCUT2D eigenvalue weighted by atomic mass is 10.2. The largest absolute Gasteiger partial charge is 0.497 e. The van der Waals surface area contributed by atoms with Gasteiger partial charge < -0.3 is 14.8 Å². The Morgan fingerprint density at radius 1 is 1.08 bits per heavy atom. The van der Waals surface area contributed by atoms with E-state index < -0.39 is 0 Å². The van der Waals surface area contributed by atoms with Crippen LogP contribution in [0.1, 0.15) is 12.5 Å². The lowest BCUT2D eigenvalue weighted by Gasteiger charge is -2.08. The number of nitrogens with zero attached hydrogens (tertiary/aromatic N) is 2. The van der Waals surface area contributed by atoms with E-state index in [1.807, 2.05) is 49.4 Å². The van der Waals surface area contributed by atoms with Gasteiger partial charge in [-0.25, -0.2) is 0 Å². The van der Waals surface area contributed by atoms with Gasteiger partial charge in [0.2, 0.25) is 5.13 Å². The zero-order valence-corrected chi connectivity index (χ0v) is 15.7. The molecule has 2 aromatic carbocycles. The minimum absolute atomic E-state index is 0.663. The Labute approximate surface area is 155 Å². The van der Waals surface area contributed by atoms with Crippen molar-refractivity contribution in [3.05, 3.63) is 54.1 Å². The van der Waals surface area contributed by atoms with Crippen LogP contribution in [0.5, 0.6) is 11.5 Å². The number of para-hydroxylation sites is 1. The quantitative estimate of drug-likeness (QED) is 0.562. The Balaban J connectivity index is 1.60. The number of hydrogen-bond acceptors (Lipinski definition) is 7. The molecule has 3 rings (SSSR count). The fourth-order valence-corrected chi connectivity index (χ4v) is 3.94. The molecule has 0 aliphatic heterocycles. The van der Waals surface area contributed by atoms with Crippen molar-refractivity contribution in [3.63, 3.8) is 0 Å². The van der Waals surface area contributed by atoms with Crippen molar-refractivity contribution in [2.75, 3.05) is 19.0 Å². The minimum atomic E-state index is 0.663. The maximum Gasteiger partial charge on any atom is 0.210 e. The van der Waals surface area contributed by atoms with Gasteiger partial charge in [-0.3, -0.25) is 0 Å². The normalized spacial score (nSPS) is 10.5. The lowest BCUT2D eigenvalue weighted by Crippen LogP contribution is -1.95. The summed E-state index contributed by atoms with van der Waals surface area (Å²) in [6.45, 7) is 2.65. The van der Waals surface area contributed by atoms with Crippen LogP contribution < -0.4 is 14.8 Å². The van der Waals surface area contributed by atoms with Crippen LogP contribution in [0.25, 0.3) is 0 Å². The second-order valence-corrected chi connectivity index (χ2v) is 7.26. The van der Waals surface area contributed by atoms with Crippen LogP contribution in [-0.2, 0) is 5.75 Å². The number of nitrogens with one attached hydrogen (secondary N) is 1. The fraction of sp³-hybridized carbons (Fsp3) is 0.222. The third-order valence-corrected chi connectivity index (χ3v) is 5.39. The zero-order valence-electron chi connectivity index (χ0n) is 14.1. The third-order valence-electron chi connectivity index (χ3n) is 3.37. The van der Waals surface area contributed by atoms with Crippen LogP contribution in [-0.4, -0.2) is 23.9 Å². The Bertz CT molecular complexity index is 806. The number of benzene rings is 2. The molecule has 7 heteroatoms. The highest BCUT2D eigenvalue weighted by molar-refractivity contribution is 8.00. The highest BCUT2D eigenvalue weighted by Gasteiger charge is 2.08. The number of methoxy groups -OCH3 is 1. The molecule has 1 N–H and O–H groups in total. The van der Waals surface area contributed by atoms with E-state index in [-0.39, 0.29) is 0 Å². The van der Waals surface area contributed by atoms with E-state index in [0.29, 0.717) is 6.61 Å². The monoisotopic (exact) mass is 373 g/mol. The van der Waals surface area contributed by atoms with E-state index in [0.717, 1.165) is 38.0 Å². The molecular formula is C18H19N3O2S2. The maximum absolute atomic E-state index is 5.66. The second-order valence-electron chi connectivity index (χ2n) is 5.06. The first-order valence-electron chi connectivity index (χ1n) is 7.86. The SMILES string of the molecule is CCOc1ccccc1CSc1nnc(Nc2ccc(OC)cc2)s1. The standard InChI is InChI=1S/C18H19N3O2S2/c1-3-23-16-7-5-4-6-13(16)12-24-18-21-20-17(25-18)19-14-8-10-15(22-2)11-9-14/h4-11H,3,12H2,1-2H3,(H,19,20). The highest BCUT2D eigenvalue weighted by atomic mass is 32.2. The topological polar surface area (TPSA) is 56.3 Å². The first-order chi connectivity index (χ1) is 12.3. The van der Waals surface area contributed by atoms with Gasteiger partial charge in [0, 0.05) is 17.0 Å². The first kappa shape index (κ1) is 17.6. The van der Waals surface area contributed by atoms with E-state index in [1.54, 1.807) is 18.9 Å². The average Bonchev–Trinajstić information content (AvgIpc) is 3.09. The summed E-state index contributed by atoms with van der Waals surface area (Å²) in [6, 6.07) is 15.8. The highest BCUT2D eigenvalue weighted by Crippen LogP contribution is 2.32. The molecule has 0 aliphatic carbocycles. The summed E-state index contributed by atoms with van der Waals surface area (Å²) in [5.41, 5.74) is 2.12. The van der Waals surface area contributed by atoms with Gasteiger partial charge in [0.05, 0.1) is 13.7 Å². The summed E-state index contributed by atoms with van der Waals surface area (Å²) in [7, 11) is 1.65. The molecule has 1 heterocycles. The lowest BCUT2D eigenvalue weighted by molar-refractivity contribution is 0.337. The number of aromatic nitrogens is 2. The van der Waals surface area contributed by atoms with Crippen LogP contribution >= 0.6 is 23.1 Å². The van der Waals surface area contributed by atoms with Gasteiger partial charge in [0.25, 0.3) is 0 Å². The van der Waals surface area contributed by atoms with Gasteiger partial charge in [-0.2, -0.15) is 0 Å². The molecule has 0 radical (unpaired) electrons. The Hall–Kier alpha value is -2.25. The Kier molecular flexibility index (Phi) is 6.14. The molecule has 3 aromatic rings. The molecule has 0 unspecified atom stereocenters. The van der Waals surface area contributed by atoms with Crippen LogP contribution in [0.15, 0.2) is 52.9 Å². The molecule has 0 spiro atoms. The molecule has 0 saturated carbocycles. The summed E-state index contributed by atoms with van der Waals surface area (Å²) >= 11 is 3.19. The van der Waals surface area contributed by atoms with Gasteiger partial charge in [-0.1, -0.05) is 41.3 Å². The van der Waals surface area contributed by atoms with Crippen molar-refractivity contribution in [2.45, 2.75) is 17.0 Å². The van der Waals surface area contributed by atoms with E-state index in [2.05, 4.69) is 21.6 Å². The Morgan fingerprint density at radius 2 is 1.88 bits per heavy atom. The molecular weight excluding hydrogens is 354 g/mol. The van der Waals surface area contributed by atoms with Crippen LogP contribution in [0.3, 0.4) is 0 Å². The fourth-order valence-electron chi connectivity index (χ4n) is 2.18. The van der Waals surface area contributed by atoms with Crippen molar-refractivity contribution in [3.8, 4) is 11.5 Å². The summed E-state index contributed by atoms with van der Waals surface area (Å²) in [5, 5.41) is 12.5. The molecule has 0 amide bonds. The van der Waals surface area contributed by atoms with E-state index in [4.69, 9.17) is 9.47 Å². The van der Waals surface area contributed by atoms with Gasteiger partial charge in [0.15, 0.2) is 4.34 Å². The molecule has 130 valence electrons. The molecule has 0 bridgehead atoms. The smallest absolute Gasteiger partial charge is 0.210 e. The summed E-state index contributed by atoms with van der Waals surface area (Å²) < 4.78 is 11.7. The zero-order chi connectivity index (χ0) is 17.5. The van der Waals surface area contributed by atoms with E-state index >= 15 is 0 Å². The minimum Gasteiger partial charge on any atom is -0.497 e. The maximum atomic E-state index is 5.66. The van der Waals surface area contributed by atoms with Crippen molar-refractivity contribution in [1.29, 1.82) is 0 Å². The van der Waals surface area contributed by atoms with Gasteiger partial charge in [-0.15, -0.1) is 10.2 Å². The number of anilines is 2. The van der Waals surface area contributed by atoms with Crippen molar-refractivity contribution >= 4 is 33.9 Å². The summed E-state index contributed by atoms with van der Waals surface area (Å²) in [5.74, 6) is 2.55. The molecule has 0 saturated heterocycles. The van der Waals surface area contributed by atoms with Crippen molar-refractivity contribution in [1.82, 2.24) is 10.2 Å². The molecule has 25 heavy (non-hydrogen) atoms. The van der Waals surface area contributed by atoms with E-state index in [1.165, 1.54) is 11.3 Å². The molecule has 1 aromatic heterocycles. The van der Waals surface area contributed by atoms with Crippen molar-refractivity contribution < 1.29 is 9.47 Å².